The predicted molar refractivity (Wildman–Crippen MR) is 80.9 cm³/mol. The summed E-state index contributed by atoms with van der Waals surface area (Å²) >= 11 is 11.9. The fourth-order valence-electron chi connectivity index (χ4n) is 2.23. The first-order chi connectivity index (χ1) is 10.5. The molecule has 0 aliphatic carbocycles. The average Bonchev–Trinajstić information content (AvgIpc) is 2.51. The van der Waals surface area contributed by atoms with Crippen LogP contribution in [0.5, 0.6) is 0 Å². The zero-order chi connectivity index (χ0) is 16.1. The van der Waals surface area contributed by atoms with Crippen LogP contribution in [-0.2, 0) is 23.8 Å². The van der Waals surface area contributed by atoms with Crippen LogP contribution in [0, 0.1) is 5.92 Å². The zero-order valence-corrected chi connectivity index (χ0v) is 13.5. The van der Waals surface area contributed by atoms with E-state index in [1.807, 2.05) is 0 Å². The number of benzene rings is 1. The summed E-state index contributed by atoms with van der Waals surface area (Å²) in [6.07, 6.45) is -0.0389. The predicted octanol–water partition coefficient (Wildman–Crippen LogP) is 3.18. The first-order valence-electron chi connectivity index (χ1n) is 6.83. The summed E-state index contributed by atoms with van der Waals surface area (Å²) in [5.74, 6) is -1.41. The van der Waals surface area contributed by atoms with Crippen LogP contribution < -0.4 is 0 Å². The van der Waals surface area contributed by atoms with E-state index < -0.39 is 18.0 Å². The van der Waals surface area contributed by atoms with E-state index in [2.05, 4.69) is 0 Å². The van der Waals surface area contributed by atoms with Crippen LogP contribution in [0.3, 0.4) is 0 Å². The highest BCUT2D eigenvalue weighted by atomic mass is 35.5. The Balaban J connectivity index is 2.18. The topological polar surface area (TPSA) is 61.8 Å². The Morgan fingerprint density at radius 2 is 1.77 bits per heavy atom. The van der Waals surface area contributed by atoms with Gasteiger partial charge in [-0.1, -0.05) is 23.2 Å². The molecule has 1 fully saturated rings. The number of methoxy groups -OCH3 is 1. The summed E-state index contributed by atoms with van der Waals surface area (Å²) in [5.41, 5.74) is 0.379. The second kappa shape index (κ2) is 7.81. The lowest BCUT2D eigenvalue weighted by Gasteiger charge is -2.23. The van der Waals surface area contributed by atoms with E-state index >= 15 is 0 Å². The summed E-state index contributed by atoms with van der Waals surface area (Å²) in [6.45, 7) is 1.01. The van der Waals surface area contributed by atoms with Gasteiger partial charge in [0, 0.05) is 28.8 Å². The number of hydrogen-bond donors (Lipinski definition) is 0. The molecule has 0 N–H and O–H groups in total. The van der Waals surface area contributed by atoms with Gasteiger partial charge in [0.05, 0.1) is 13.0 Å². The smallest absolute Gasteiger partial charge is 0.351 e. The maximum atomic E-state index is 12.2. The minimum absolute atomic E-state index is 0.282. The number of halogens is 2. The summed E-state index contributed by atoms with van der Waals surface area (Å²) in [5, 5.41) is 0.692. The van der Waals surface area contributed by atoms with E-state index in [1.165, 1.54) is 25.3 Å². The van der Waals surface area contributed by atoms with Crippen LogP contribution in [0.1, 0.15) is 24.5 Å². The van der Waals surface area contributed by atoms with Crippen molar-refractivity contribution in [2.24, 2.45) is 5.92 Å². The second-order valence-corrected chi connectivity index (χ2v) is 5.80. The Kier molecular flexibility index (Phi) is 6.06. The number of carbonyl (C=O) groups excluding carboxylic acids is 2. The maximum Gasteiger partial charge on any atom is 0.351 e. The largest absolute Gasteiger partial charge is 0.466 e. The molecule has 22 heavy (non-hydrogen) atoms. The van der Waals surface area contributed by atoms with Crippen LogP contribution in [0.4, 0.5) is 0 Å². The minimum atomic E-state index is -1.18. The van der Waals surface area contributed by atoms with Crippen LogP contribution in [0.25, 0.3) is 0 Å². The lowest BCUT2D eigenvalue weighted by atomic mass is 10.0. The van der Waals surface area contributed by atoms with E-state index in [4.69, 9.17) is 37.4 Å². The van der Waals surface area contributed by atoms with Crippen LogP contribution in [0.15, 0.2) is 18.2 Å². The molecular weight excluding hydrogens is 331 g/mol. The molecular formula is C15H16Cl2O5. The van der Waals surface area contributed by atoms with Gasteiger partial charge in [-0.05, 0) is 31.0 Å². The summed E-state index contributed by atoms with van der Waals surface area (Å²) in [7, 11) is 1.23. The molecule has 0 radical (unpaired) electrons. The van der Waals surface area contributed by atoms with Crippen molar-refractivity contribution in [1.82, 2.24) is 0 Å². The van der Waals surface area contributed by atoms with Gasteiger partial charge in [-0.15, -0.1) is 0 Å². The lowest BCUT2D eigenvalue weighted by molar-refractivity contribution is -0.171. The molecule has 7 heteroatoms. The fourth-order valence-corrected chi connectivity index (χ4v) is 2.77. The normalized spacial score (nSPS) is 16.9. The van der Waals surface area contributed by atoms with Gasteiger partial charge in [0.15, 0.2) is 0 Å². The monoisotopic (exact) mass is 346 g/mol. The van der Waals surface area contributed by atoms with Gasteiger partial charge in [0.2, 0.25) is 6.10 Å². The molecule has 0 unspecified atom stereocenters. The molecule has 1 aliphatic rings. The molecule has 1 saturated heterocycles. The molecule has 0 spiro atoms. The molecule has 5 nitrogen and oxygen atoms in total. The summed E-state index contributed by atoms with van der Waals surface area (Å²) in [4.78, 5) is 24.2. The van der Waals surface area contributed by atoms with Crippen molar-refractivity contribution in [3.8, 4) is 0 Å². The highest BCUT2D eigenvalue weighted by molar-refractivity contribution is 6.34. The number of esters is 2. The summed E-state index contributed by atoms with van der Waals surface area (Å²) < 4.78 is 15.3. The maximum absolute atomic E-state index is 12.2. The molecule has 0 saturated carbocycles. The Morgan fingerprint density at radius 1 is 1.18 bits per heavy atom. The molecule has 0 aromatic heterocycles. The van der Waals surface area contributed by atoms with Crippen molar-refractivity contribution < 1.29 is 23.8 Å². The van der Waals surface area contributed by atoms with Crippen molar-refractivity contribution in [3.63, 3.8) is 0 Å². The third kappa shape index (κ3) is 4.35. The molecule has 2 rings (SSSR count). The number of rotatable bonds is 4. The SMILES string of the molecule is COC(=O)[C@@H](OC(=O)C1CCOCC1)c1cc(Cl)cc(Cl)c1. The quantitative estimate of drug-likeness (QED) is 0.783. The van der Waals surface area contributed by atoms with Gasteiger partial charge in [0.1, 0.15) is 0 Å². The van der Waals surface area contributed by atoms with Gasteiger partial charge in [-0.3, -0.25) is 4.79 Å². The van der Waals surface area contributed by atoms with Gasteiger partial charge in [-0.2, -0.15) is 0 Å². The fraction of sp³-hybridized carbons (Fsp3) is 0.467. The van der Waals surface area contributed by atoms with Gasteiger partial charge in [0.25, 0.3) is 0 Å². The number of carbonyl (C=O) groups is 2. The molecule has 1 aromatic carbocycles. The summed E-state index contributed by atoms with van der Waals surface area (Å²) in [6, 6.07) is 4.57. The Hall–Kier alpha value is -1.30. The highest BCUT2D eigenvalue weighted by Crippen LogP contribution is 2.28. The zero-order valence-electron chi connectivity index (χ0n) is 12.0. The van der Waals surface area contributed by atoms with Crippen molar-refractivity contribution in [1.29, 1.82) is 0 Å². The van der Waals surface area contributed by atoms with Crippen molar-refractivity contribution in [2.45, 2.75) is 18.9 Å². The van der Waals surface area contributed by atoms with E-state index in [1.54, 1.807) is 0 Å². The minimum Gasteiger partial charge on any atom is -0.466 e. The van der Waals surface area contributed by atoms with Crippen LogP contribution in [0.2, 0.25) is 10.0 Å². The average molecular weight is 347 g/mol. The molecule has 1 aromatic rings. The van der Waals surface area contributed by atoms with E-state index in [0.29, 0.717) is 41.7 Å². The van der Waals surface area contributed by atoms with Gasteiger partial charge < -0.3 is 14.2 Å². The molecule has 1 aliphatic heterocycles. The molecule has 1 heterocycles. The number of hydrogen-bond acceptors (Lipinski definition) is 5. The lowest BCUT2D eigenvalue weighted by Crippen LogP contribution is -2.29. The first kappa shape index (κ1) is 17.1. The third-order valence-electron chi connectivity index (χ3n) is 3.39. The Bertz CT molecular complexity index is 535. The van der Waals surface area contributed by atoms with E-state index in [-0.39, 0.29) is 5.92 Å². The Morgan fingerprint density at radius 3 is 2.32 bits per heavy atom. The molecule has 120 valence electrons. The van der Waals surface area contributed by atoms with Crippen molar-refractivity contribution in [3.05, 3.63) is 33.8 Å². The van der Waals surface area contributed by atoms with E-state index in [9.17, 15) is 9.59 Å². The molecule has 0 amide bonds. The standard InChI is InChI=1S/C15H16Cl2O5/c1-20-15(19)13(10-6-11(16)8-12(17)7-10)22-14(18)9-2-4-21-5-3-9/h6-9,13H,2-5H2,1H3/t13-/m0/s1. The third-order valence-corrected chi connectivity index (χ3v) is 3.83. The van der Waals surface area contributed by atoms with Crippen LogP contribution >= 0.6 is 23.2 Å². The van der Waals surface area contributed by atoms with Crippen molar-refractivity contribution >= 4 is 35.1 Å². The Labute approximate surface area is 138 Å². The number of ether oxygens (including phenoxy) is 3. The highest BCUT2D eigenvalue weighted by Gasteiger charge is 2.31. The van der Waals surface area contributed by atoms with E-state index in [0.717, 1.165) is 0 Å². The van der Waals surface area contributed by atoms with Gasteiger partial charge >= 0.3 is 11.9 Å². The molecule has 1 atom stereocenters. The first-order valence-corrected chi connectivity index (χ1v) is 7.59. The van der Waals surface area contributed by atoms with Gasteiger partial charge in [-0.25, -0.2) is 4.79 Å². The van der Waals surface area contributed by atoms with Crippen molar-refractivity contribution in [2.75, 3.05) is 20.3 Å². The molecule has 0 bridgehead atoms. The second-order valence-electron chi connectivity index (χ2n) is 4.93. The van der Waals surface area contributed by atoms with Crippen LogP contribution in [-0.4, -0.2) is 32.3 Å².